The number of nitrogens with one attached hydrogen (secondary N) is 3. The lowest BCUT2D eigenvalue weighted by molar-refractivity contribution is -0.121. The highest BCUT2D eigenvalue weighted by molar-refractivity contribution is 5.76. The van der Waals surface area contributed by atoms with E-state index in [-0.39, 0.29) is 31.3 Å². The Bertz CT molecular complexity index is 547. The molecule has 1 aromatic rings. The normalized spacial score (nSPS) is 12.2. The van der Waals surface area contributed by atoms with E-state index in [2.05, 4.69) is 15.3 Å². The van der Waals surface area contributed by atoms with Crippen LogP contribution in [0, 0.1) is 12.8 Å². The Hall–Kier alpha value is -1.89. The van der Waals surface area contributed by atoms with Crippen molar-refractivity contribution >= 4 is 5.91 Å². The van der Waals surface area contributed by atoms with Crippen molar-refractivity contribution in [2.24, 2.45) is 5.92 Å². The van der Waals surface area contributed by atoms with Gasteiger partial charge in [-0.2, -0.15) is 0 Å². The molecule has 1 aromatic heterocycles. The van der Waals surface area contributed by atoms with Crippen molar-refractivity contribution in [2.45, 2.75) is 26.7 Å². The fourth-order valence-electron chi connectivity index (χ4n) is 1.61. The third-order valence-corrected chi connectivity index (χ3v) is 2.82. The van der Waals surface area contributed by atoms with Gasteiger partial charge in [0.05, 0.1) is 0 Å². The largest absolute Gasteiger partial charge is 0.396 e. The van der Waals surface area contributed by atoms with Gasteiger partial charge in [-0.05, 0) is 19.3 Å². The lowest BCUT2D eigenvalue weighted by Crippen LogP contribution is -2.31. The van der Waals surface area contributed by atoms with E-state index in [1.54, 1.807) is 6.92 Å². The maximum absolute atomic E-state index is 11.5. The highest BCUT2D eigenvalue weighted by atomic mass is 16.3. The molecular formula is C12H19N3O4. The minimum absolute atomic E-state index is 0.00201. The lowest BCUT2D eigenvalue weighted by Gasteiger charge is -2.09. The van der Waals surface area contributed by atoms with Crippen molar-refractivity contribution in [2.75, 3.05) is 13.2 Å². The Kier molecular flexibility index (Phi) is 5.50. The van der Waals surface area contributed by atoms with Crippen molar-refractivity contribution in [3.63, 3.8) is 0 Å². The lowest BCUT2D eigenvalue weighted by atomic mass is 10.1. The number of aromatic amines is 2. The smallest absolute Gasteiger partial charge is 0.325 e. The number of aliphatic hydroxyl groups excluding tert-OH is 1. The summed E-state index contributed by atoms with van der Waals surface area (Å²) in [5.74, 6) is -0.188. The summed E-state index contributed by atoms with van der Waals surface area (Å²) in [5.41, 5.74) is -0.125. The first-order valence-electron chi connectivity index (χ1n) is 6.13. The monoisotopic (exact) mass is 269 g/mol. The van der Waals surface area contributed by atoms with Crippen molar-refractivity contribution in [3.05, 3.63) is 32.1 Å². The maximum atomic E-state index is 11.5. The van der Waals surface area contributed by atoms with Crippen LogP contribution < -0.4 is 16.6 Å². The summed E-state index contributed by atoms with van der Waals surface area (Å²) in [5, 5.41) is 11.5. The number of hydrogen-bond acceptors (Lipinski definition) is 4. The van der Waals surface area contributed by atoms with Gasteiger partial charge in [-0.3, -0.25) is 14.6 Å². The van der Waals surface area contributed by atoms with Crippen LogP contribution in [-0.4, -0.2) is 34.1 Å². The van der Waals surface area contributed by atoms with Gasteiger partial charge in [-0.25, -0.2) is 4.79 Å². The summed E-state index contributed by atoms with van der Waals surface area (Å²) in [7, 11) is 0. The highest BCUT2D eigenvalue weighted by Gasteiger charge is 2.09. The minimum Gasteiger partial charge on any atom is -0.396 e. The number of aromatic nitrogens is 2. The third kappa shape index (κ3) is 4.70. The molecule has 1 heterocycles. The molecule has 1 unspecified atom stereocenters. The first-order valence-corrected chi connectivity index (χ1v) is 6.13. The Morgan fingerprint density at radius 1 is 1.37 bits per heavy atom. The van der Waals surface area contributed by atoms with E-state index in [9.17, 15) is 14.4 Å². The van der Waals surface area contributed by atoms with E-state index in [4.69, 9.17) is 5.11 Å². The minimum atomic E-state index is -0.549. The fraction of sp³-hybridized carbons (Fsp3) is 0.583. The summed E-state index contributed by atoms with van der Waals surface area (Å²) in [6.07, 6.45) is 0.422. The van der Waals surface area contributed by atoms with Crippen molar-refractivity contribution in [1.82, 2.24) is 15.3 Å². The number of rotatable bonds is 6. The van der Waals surface area contributed by atoms with E-state index in [0.29, 0.717) is 17.8 Å². The number of carbonyl (C=O) groups is 1. The van der Waals surface area contributed by atoms with Crippen LogP contribution in [0.4, 0.5) is 0 Å². The van der Waals surface area contributed by atoms with E-state index >= 15 is 0 Å². The van der Waals surface area contributed by atoms with Crippen LogP contribution in [0.1, 0.15) is 24.6 Å². The standard InChI is InChI=1S/C12H19N3O4/c1-7(6-16)5-13-10(17)4-3-9-8(2)14-12(19)15-11(9)18/h7,16H,3-6H2,1-2H3,(H,13,17)(H2,14,15,18,19). The molecule has 0 saturated heterocycles. The van der Waals surface area contributed by atoms with E-state index in [1.807, 2.05) is 6.92 Å². The number of amides is 1. The Morgan fingerprint density at radius 2 is 2.05 bits per heavy atom. The first kappa shape index (κ1) is 15.2. The second kappa shape index (κ2) is 6.89. The molecule has 0 radical (unpaired) electrons. The molecule has 0 aliphatic rings. The van der Waals surface area contributed by atoms with Crippen LogP contribution in [0.15, 0.2) is 9.59 Å². The first-order chi connectivity index (χ1) is 8.93. The van der Waals surface area contributed by atoms with Crippen molar-refractivity contribution in [1.29, 1.82) is 0 Å². The number of aliphatic hydroxyl groups is 1. The van der Waals surface area contributed by atoms with Crippen LogP contribution in [0.25, 0.3) is 0 Å². The zero-order chi connectivity index (χ0) is 14.4. The fourth-order valence-corrected chi connectivity index (χ4v) is 1.61. The molecule has 0 fully saturated rings. The van der Waals surface area contributed by atoms with Gasteiger partial charge in [0.15, 0.2) is 0 Å². The summed E-state index contributed by atoms with van der Waals surface area (Å²) < 4.78 is 0. The van der Waals surface area contributed by atoms with Gasteiger partial charge in [-0.1, -0.05) is 6.92 Å². The van der Waals surface area contributed by atoms with Gasteiger partial charge < -0.3 is 15.4 Å². The van der Waals surface area contributed by atoms with Gasteiger partial charge in [-0.15, -0.1) is 0 Å². The topological polar surface area (TPSA) is 115 Å². The second-order valence-corrected chi connectivity index (χ2v) is 4.60. The van der Waals surface area contributed by atoms with E-state index in [0.717, 1.165) is 0 Å². The molecule has 1 amide bonds. The number of hydrogen-bond donors (Lipinski definition) is 4. The van der Waals surface area contributed by atoms with Crippen molar-refractivity contribution < 1.29 is 9.90 Å². The number of H-pyrrole nitrogens is 2. The molecular weight excluding hydrogens is 250 g/mol. The quantitative estimate of drug-likeness (QED) is 0.533. The Balaban J connectivity index is 2.56. The number of aryl methyl sites for hydroxylation is 1. The van der Waals surface area contributed by atoms with Gasteiger partial charge in [0.1, 0.15) is 0 Å². The summed E-state index contributed by atoms with van der Waals surface area (Å²) in [6, 6.07) is 0. The van der Waals surface area contributed by atoms with Crippen molar-refractivity contribution in [3.8, 4) is 0 Å². The molecule has 0 aliphatic carbocycles. The van der Waals surface area contributed by atoms with Crippen LogP contribution in [0.5, 0.6) is 0 Å². The Labute approximate surface area is 110 Å². The van der Waals surface area contributed by atoms with Crippen LogP contribution in [-0.2, 0) is 11.2 Å². The third-order valence-electron chi connectivity index (χ3n) is 2.82. The SMILES string of the molecule is Cc1[nH]c(=O)[nH]c(=O)c1CCC(=O)NCC(C)CO. The summed E-state index contributed by atoms with van der Waals surface area (Å²) in [4.78, 5) is 38.7. The maximum Gasteiger partial charge on any atom is 0.325 e. The average Bonchev–Trinajstić information content (AvgIpc) is 2.34. The number of carbonyl (C=O) groups excluding carboxylic acids is 1. The molecule has 1 rings (SSSR count). The predicted octanol–water partition coefficient (Wildman–Crippen LogP) is -0.951. The molecule has 1 atom stereocenters. The molecule has 4 N–H and O–H groups in total. The predicted molar refractivity (Wildman–Crippen MR) is 70.0 cm³/mol. The van der Waals surface area contributed by atoms with Gasteiger partial charge in [0.25, 0.3) is 5.56 Å². The second-order valence-electron chi connectivity index (χ2n) is 4.60. The highest BCUT2D eigenvalue weighted by Crippen LogP contribution is 2.00. The molecule has 0 spiro atoms. The van der Waals surface area contributed by atoms with E-state index in [1.165, 1.54) is 0 Å². The molecule has 0 aromatic carbocycles. The molecule has 0 bridgehead atoms. The Morgan fingerprint density at radius 3 is 2.63 bits per heavy atom. The van der Waals surface area contributed by atoms with E-state index < -0.39 is 11.2 Å². The average molecular weight is 269 g/mol. The zero-order valence-electron chi connectivity index (χ0n) is 11.1. The van der Waals surface area contributed by atoms with Crippen LogP contribution in [0.2, 0.25) is 0 Å². The van der Waals surface area contributed by atoms with Gasteiger partial charge in [0, 0.05) is 30.8 Å². The molecule has 7 heteroatoms. The van der Waals surface area contributed by atoms with Gasteiger partial charge in [0.2, 0.25) is 5.91 Å². The van der Waals surface area contributed by atoms with Crippen LogP contribution in [0.3, 0.4) is 0 Å². The molecule has 0 saturated carbocycles. The molecule has 7 nitrogen and oxygen atoms in total. The molecule has 0 aliphatic heterocycles. The summed E-state index contributed by atoms with van der Waals surface area (Å²) >= 11 is 0. The molecule has 19 heavy (non-hydrogen) atoms. The van der Waals surface area contributed by atoms with Gasteiger partial charge >= 0.3 is 5.69 Å². The van der Waals surface area contributed by atoms with Crippen LogP contribution >= 0.6 is 0 Å². The summed E-state index contributed by atoms with van der Waals surface area (Å²) in [6.45, 7) is 3.85. The zero-order valence-corrected chi connectivity index (χ0v) is 11.1. The molecule has 106 valence electrons.